The maximum atomic E-state index is 6.61. The fraction of sp³-hybridized carbons (Fsp3) is 0. The van der Waals surface area contributed by atoms with Gasteiger partial charge >= 0.3 is 0 Å². The van der Waals surface area contributed by atoms with Crippen molar-refractivity contribution in [2.45, 2.75) is 0 Å². The van der Waals surface area contributed by atoms with E-state index in [1.165, 1.54) is 52.8 Å². The molecule has 0 saturated carbocycles. The van der Waals surface area contributed by atoms with Crippen LogP contribution in [0.4, 0.5) is 0 Å². The quantitative estimate of drug-likeness (QED) is 0.166. The van der Waals surface area contributed by atoms with E-state index < -0.39 is 0 Å². The summed E-state index contributed by atoms with van der Waals surface area (Å²) in [6.45, 7) is 0. The second-order valence-electron chi connectivity index (χ2n) is 11.1. The van der Waals surface area contributed by atoms with Gasteiger partial charge in [0.1, 0.15) is 35.2 Å². The zero-order valence-electron chi connectivity index (χ0n) is 23.4. The second kappa shape index (κ2) is 8.89. The number of benzene rings is 5. The molecule has 0 unspecified atom stereocenters. The molecule has 1 N–H and O–H groups in total. The molecule has 6 heteroatoms. The average molecular weight is 584 g/mol. The van der Waals surface area contributed by atoms with Crippen LogP contribution in [0.15, 0.2) is 134 Å². The maximum Gasteiger partial charge on any atom is 0.292 e. The fourth-order valence-electron chi connectivity index (χ4n) is 6.89. The molecule has 0 amide bonds. The number of para-hydroxylation sites is 1. The molecule has 0 aliphatic rings. The maximum absolute atomic E-state index is 6.61. The Bertz CT molecular complexity index is 2750. The van der Waals surface area contributed by atoms with Crippen LogP contribution in [0, 0.1) is 0 Å². The van der Waals surface area contributed by atoms with Crippen LogP contribution in [0.3, 0.4) is 0 Å². The van der Waals surface area contributed by atoms with Gasteiger partial charge in [0.15, 0.2) is 0 Å². The van der Waals surface area contributed by atoms with Gasteiger partial charge in [-0.05, 0) is 60.7 Å². The van der Waals surface area contributed by atoms with Crippen molar-refractivity contribution in [1.82, 2.24) is 14.5 Å². The highest BCUT2D eigenvalue weighted by molar-refractivity contribution is 7.26. The van der Waals surface area contributed by atoms with Crippen LogP contribution in [-0.2, 0) is 0 Å². The molecule has 0 aliphatic heterocycles. The lowest BCUT2D eigenvalue weighted by atomic mass is 10.1. The van der Waals surface area contributed by atoms with E-state index in [1.54, 1.807) is 0 Å². The lowest BCUT2D eigenvalue weighted by Crippen LogP contribution is -2.19. The summed E-state index contributed by atoms with van der Waals surface area (Å²) in [5, 5.41) is 8.42. The first kappa shape index (κ1) is 23.8. The summed E-state index contributed by atoms with van der Waals surface area (Å²) in [7, 11) is 0. The molecule has 5 aromatic heterocycles. The molecule has 0 atom stereocenters. The lowest BCUT2D eigenvalue weighted by molar-refractivity contribution is -0.478. The summed E-state index contributed by atoms with van der Waals surface area (Å²) in [5.41, 5.74) is 4.45. The number of nitrogens with one attached hydrogen (secondary N) is 1. The van der Waals surface area contributed by atoms with Gasteiger partial charge in [-0.1, -0.05) is 48.5 Å². The molecule has 10 rings (SSSR count). The van der Waals surface area contributed by atoms with Gasteiger partial charge in [0.2, 0.25) is 0 Å². The van der Waals surface area contributed by atoms with Crippen molar-refractivity contribution in [3.8, 4) is 17.3 Å². The summed E-state index contributed by atoms with van der Waals surface area (Å²) in [6.07, 6.45) is 5.91. The summed E-state index contributed by atoms with van der Waals surface area (Å²) in [6, 6.07) is 40.5. The summed E-state index contributed by atoms with van der Waals surface area (Å²) < 4.78 is 13.7. The highest BCUT2D eigenvalue weighted by Crippen LogP contribution is 2.43. The monoisotopic (exact) mass is 583 g/mol. The number of aromatic amines is 1. The topological polar surface area (TPSA) is 46.9 Å². The van der Waals surface area contributed by atoms with Crippen LogP contribution >= 0.6 is 11.3 Å². The van der Waals surface area contributed by atoms with Crippen LogP contribution in [0.25, 0.3) is 75.1 Å². The van der Waals surface area contributed by atoms with E-state index in [9.17, 15) is 0 Å². The highest BCUT2D eigenvalue weighted by Gasteiger charge is 2.20. The molecular weight excluding hydrogens is 561 g/mol. The van der Waals surface area contributed by atoms with E-state index in [4.69, 9.17) is 9.72 Å². The molecule has 5 heterocycles. The number of rotatable bonds is 3. The molecule has 0 fully saturated rings. The van der Waals surface area contributed by atoms with Crippen molar-refractivity contribution in [2.24, 2.45) is 0 Å². The number of pyridine rings is 2. The number of fused-ring (bicyclic) bond motifs is 13. The minimum Gasteiger partial charge on any atom is -0.457 e. The Balaban J connectivity index is 1.20. The van der Waals surface area contributed by atoms with Gasteiger partial charge in [0, 0.05) is 54.0 Å². The van der Waals surface area contributed by atoms with Gasteiger partial charge in [-0.3, -0.25) is 4.57 Å². The van der Waals surface area contributed by atoms with Crippen LogP contribution < -0.4 is 9.14 Å². The number of imidazole rings is 1. The van der Waals surface area contributed by atoms with E-state index in [0.717, 1.165) is 33.9 Å². The molecule has 0 radical (unpaired) electrons. The molecule has 5 aromatic carbocycles. The van der Waals surface area contributed by atoms with Crippen LogP contribution in [0.1, 0.15) is 0 Å². The smallest absolute Gasteiger partial charge is 0.292 e. The van der Waals surface area contributed by atoms with Crippen LogP contribution in [0.2, 0.25) is 0 Å². The minimum atomic E-state index is 0.777. The van der Waals surface area contributed by atoms with Crippen molar-refractivity contribution >= 4 is 80.6 Å². The zero-order chi connectivity index (χ0) is 28.8. The number of hydrogen-bond acceptors (Lipinski definition) is 3. The second-order valence-corrected chi connectivity index (χ2v) is 12.2. The predicted molar refractivity (Wildman–Crippen MR) is 181 cm³/mol. The van der Waals surface area contributed by atoms with Crippen LogP contribution in [0.5, 0.6) is 11.5 Å². The fourth-order valence-corrected chi connectivity index (χ4v) is 8.00. The number of aromatic nitrogens is 4. The summed E-state index contributed by atoms with van der Waals surface area (Å²) >= 11 is 1.84. The predicted octanol–water partition coefficient (Wildman–Crippen LogP) is 9.71. The van der Waals surface area contributed by atoms with Gasteiger partial charge in [-0.25, -0.2) is 9.97 Å². The minimum absolute atomic E-state index is 0.777. The van der Waals surface area contributed by atoms with Crippen molar-refractivity contribution in [2.75, 3.05) is 0 Å². The molecule has 0 bridgehead atoms. The van der Waals surface area contributed by atoms with Gasteiger partial charge in [-0.15, -0.1) is 11.3 Å². The van der Waals surface area contributed by atoms with Gasteiger partial charge in [0.05, 0.1) is 16.4 Å². The normalized spacial score (nSPS) is 12.1. The number of thiophene rings is 1. The first-order valence-corrected chi connectivity index (χ1v) is 15.4. The Morgan fingerprint density at radius 3 is 2.36 bits per heavy atom. The van der Waals surface area contributed by atoms with Crippen molar-refractivity contribution in [3.63, 3.8) is 0 Å². The Hall–Kier alpha value is -5.72. The molecule has 206 valence electrons. The average Bonchev–Trinajstić information content (AvgIpc) is 3.79. The Kier molecular flexibility index (Phi) is 4.81. The standard InChI is InChI=1S/C38H22N4OS/c1-3-9-31-26(7-1)25-14-12-23(21-30(25)38-40-19-20-41(31)38)43-24-13-15-27-28-16-17-34-36(29-8-2-4-10-33(29)44-34)37(28)42(32(27)22-24)35-11-5-6-18-39-35/h1-22H/p+1. The molecule has 0 aliphatic carbocycles. The van der Waals surface area contributed by atoms with Crippen molar-refractivity contribution < 1.29 is 9.14 Å². The largest absolute Gasteiger partial charge is 0.457 e. The van der Waals surface area contributed by atoms with E-state index >= 15 is 0 Å². The summed E-state index contributed by atoms with van der Waals surface area (Å²) in [5.74, 6) is 2.45. The lowest BCUT2D eigenvalue weighted by Gasteiger charge is -2.10. The van der Waals surface area contributed by atoms with E-state index in [2.05, 4.69) is 123 Å². The van der Waals surface area contributed by atoms with Crippen LogP contribution in [-0.4, -0.2) is 14.5 Å². The number of ether oxygens (including phenoxy) is 1. The van der Waals surface area contributed by atoms with E-state index in [0.29, 0.717) is 0 Å². The molecular formula is C38H23N4OS+. The van der Waals surface area contributed by atoms with E-state index in [1.807, 2.05) is 35.9 Å². The highest BCUT2D eigenvalue weighted by atomic mass is 32.1. The molecule has 44 heavy (non-hydrogen) atoms. The van der Waals surface area contributed by atoms with Crippen molar-refractivity contribution in [3.05, 3.63) is 134 Å². The van der Waals surface area contributed by atoms with Gasteiger partial charge < -0.3 is 4.74 Å². The molecule has 5 nitrogen and oxygen atoms in total. The first-order valence-electron chi connectivity index (χ1n) is 14.6. The SMILES string of the molecule is c1ccc(-n2c3cc(Oc4ccc5c6ccccc6[n+]6cc[nH]c6c5c4)ccc3c3ccc4sc5ccccc5c4c32)nc1. The third kappa shape index (κ3) is 3.28. The Morgan fingerprint density at radius 2 is 1.45 bits per heavy atom. The zero-order valence-corrected chi connectivity index (χ0v) is 24.2. The van der Waals surface area contributed by atoms with Crippen molar-refractivity contribution in [1.29, 1.82) is 0 Å². The molecule has 10 aromatic rings. The number of nitrogens with zero attached hydrogens (tertiary/aromatic N) is 3. The number of H-pyrrole nitrogens is 1. The van der Waals surface area contributed by atoms with E-state index in [-0.39, 0.29) is 0 Å². The third-order valence-corrected chi connectivity index (χ3v) is 9.87. The third-order valence-electron chi connectivity index (χ3n) is 8.74. The van der Waals surface area contributed by atoms with Gasteiger partial charge in [0.25, 0.3) is 5.65 Å². The Morgan fingerprint density at radius 1 is 0.659 bits per heavy atom. The summed E-state index contributed by atoms with van der Waals surface area (Å²) in [4.78, 5) is 8.24. The van der Waals surface area contributed by atoms with Gasteiger partial charge in [-0.2, -0.15) is 4.40 Å². The molecule has 0 saturated heterocycles. The number of hydrogen-bond donors (Lipinski definition) is 1. The first-order chi connectivity index (χ1) is 21.8. The Labute approximate surface area is 254 Å². The molecule has 0 spiro atoms.